The van der Waals surface area contributed by atoms with Crippen molar-refractivity contribution in [1.82, 2.24) is 19.5 Å². The SMILES string of the molecule is C[C@@H](OP(=O)(O)OC[C@@]1(C)O[C@@](C)(n2cnc3c(N)ncnc32)[C@H](O)[C@@H]1O)[C@H](N)C(=O)O. The number of fused-ring (bicyclic) bond motifs is 1. The number of carboxylic acid groups (broad SMARTS) is 1. The second-order valence-electron chi connectivity index (χ2n) is 7.82. The molecule has 0 spiro atoms. The maximum Gasteiger partial charge on any atom is 0.472 e. The van der Waals surface area contributed by atoms with Gasteiger partial charge in [0.05, 0.1) is 19.0 Å². The molecule has 1 unspecified atom stereocenters. The lowest BCUT2D eigenvalue weighted by Gasteiger charge is -2.32. The minimum atomic E-state index is -4.80. The molecule has 0 radical (unpaired) electrons. The average Bonchev–Trinajstić information content (AvgIpc) is 3.22. The molecule has 0 aromatic carbocycles. The normalized spacial score (nSPS) is 32.0. The van der Waals surface area contributed by atoms with Gasteiger partial charge >= 0.3 is 13.8 Å². The molecule has 1 saturated heterocycles. The Morgan fingerprint density at radius 2 is 2.00 bits per heavy atom. The monoisotopic (exact) mass is 476 g/mol. The van der Waals surface area contributed by atoms with Crippen molar-refractivity contribution in [3.05, 3.63) is 12.7 Å². The molecule has 32 heavy (non-hydrogen) atoms. The zero-order chi connectivity index (χ0) is 24.1. The molecule has 7 atom stereocenters. The molecule has 3 rings (SSSR count). The van der Waals surface area contributed by atoms with E-state index in [2.05, 4.69) is 15.0 Å². The second kappa shape index (κ2) is 8.28. The Balaban J connectivity index is 1.81. The highest BCUT2D eigenvalue weighted by atomic mass is 31.2. The van der Waals surface area contributed by atoms with Crippen LogP contribution in [0.25, 0.3) is 11.2 Å². The van der Waals surface area contributed by atoms with Crippen LogP contribution < -0.4 is 11.5 Å². The maximum absolute atomic E-state index is 12.3. The molecule has 1 aliphatic heterocycles. The van der Waals surface area contributed by atoms with Gasteiger partial charge in [0.1, 0.15) is 35.7 Å². The van der Waals surface area contributed by atoms with Gasteiger partial charge in [0.25, 0.3) is 0 Å². The first-order valence-corrected chi connectivity index (χ1v) is 10.9. The van der Waals surface area contributed by atoms with Crippen LogP contribution in [0.5, 0.6) is 0 Å². The summed E-state index contributed by atoms with van der Waals surface area (Å²) in [6.07, 6.45) is -1.98. The predicted octanol–water partition coefficient (Wildman–Crippen LogP) is -1.47. The van der Waals surface area contributed by atoms with Gasteiger partial charge in [-0.15, -0.1) is 0 Å². The minimum absolute atomic E-state index is 0.100. The van der Waals surface area contributed by atoms with E-state index in [0.29, 0.717) is 0 Å². The molecule has 2 aromatic heterocycles. The fraction of sp³-hybridized carbons (Fsp3) is 0.625. The van der Waals surface area contributed by atoms with Crippen LogP contribution >= 0.6 is 7.82 Å². The Bertz CT molecular complexity index is 1070. The van der Waals surface area contributed by atoms with Crippen molar-refractivity contribution in [2.45, 2.75) is 56.5 Å². The Morgan fingerprint density at radius 3 is 2.62 bits per heavy atom. The summed E-state index contributed by atoms with van der Waals surface area (Å²) in [5, 5.41) is 30.3. The molecule has 178 valence electrons. The minimum Gasteiger partial charge on any atom is -0.480 e. The number of nitrogens with zero attached hydrogens (tertiary/aromatic N) is 4. The van der Waals surface area contributed by atoms with Gasteiger partial charge in [0.15, 0.2) is 17.2 Å². The first-order chi connectivity index (χ1) is 14.7. The van der Waals surface area contributed by atoms with E-state index in [-0.39, 0.29) is 17.0 Å². The van der Waals surface area contributed by atoms with Gasteiger partial charge < -0.3 is 36.4 Å². The number of carbonyl (C=O) groups is 1. The Kier molecular flexibility index (Phi) is 6.32. The number of phosphoric ester groups is 1. The van der Waals surface area contributed by atoms with Gasteiger partial charge in [-0.3, -0.25) is 18.4 Å². The number of ether oxygens (including phenoxy) is 1. The molecule has 1 fully saturated rings. The quantitative estimate of drug-likeness (QED) is 0.238. The number of hydrogen-bond donors (Lipinski definition) is 6. The predicted molar refractivity (Wildman–Crippen MR) is 107 cm³/mol. The van der Waals surface area contributed by atoms with Crippen LogP contribution in [0, 0.1) is 0 Å². The number of imidazole rings is 1. The average molecular weight is 476 g/mol. The van der Waals surface area contributed by atoms with Gasteiger partial charge in [-0.05, 0) is 20.8 Å². The highest BCUT2D eigenvalue weighted by molar-refractivity contribution is 7.47. The summed E-state index contributed by atoms with van der Waals surface area (Å²) in [5.74, 6) is -1.33. The van der Waals surface area contributed by atoms with Crippen molar-refractivity contribution in [3.63, 3.8) is 0 Å². The van der Waals surface area contributed by atoms with Crippen LogP contribution in [0.3, 0.4) is 0 Å². The van der Waals surface area contributed by atoms with Crippen LogP contribution in [0.15, 0.2) is 12.7 Å². The number of aliphatic hydroxyl groups excluding tert-OH is 2. The van der Waals surface area contributed by atoms with E-state index in [1.807, 2.05) is 0 Å². The molecule has 8 N–H and O–H groups in total. The van der Waals surface area contributed by atoms with Crippen molar-refractivity contribution in [1.29, 1.82) is 0 Å². The van der Waals surface area contributed by atoms with Crippen LogP contribution in [-0.2, 0) is 28.9 Å². The van der Waals surface area contributed by atoms with E-state index in [1.165, 1.54) is 38.0 Å². The molecular weight excluding hydrogens is 451 g/mol. The third-order valence-electron chi connectivity index (χ3n) is 5.36. The first-order valence-electron chi connectivity index (χ1n) is 9.36. The number of aromatic nitrogens is 4. The van der Waals surface area contributed by atoms with E-state index in [1.54, 1.807) is 0 Å². The fourth-order valence-corrected chi connectivity index (χ4v) is 4.45. The number of hydrogen-bond acceptors (Lipinski definition) is 12. The summed E-state index contributed by atoms with van der Waals surface area (Å²) in [4.78, 5) is 32.9. The molecule has 2 aromatic rings. The number of rotatable bonds is 8. The van der Waals surface area contributed by atoms with E-state index in [0.717, 1.165) is 0 Å². The van der Waals surface area contributed by atoms with Crippen LogP contribution in [0.4, 0.5) is 5.82 Å². The van der Waals surface area contributed by atoms with Crippen molar-refractivity contribution < 1.29 is 43.4 Å². The number of anilines is 1. The van der Waals surface area contributed by atoms with E-state index >= 15 is 0 Å². The van der Waals surface area contributed by atoms with E-state index < -0.39 is 56.1 Å². The van der Waals surface area contributed by atoms with Crippen molar-refractivity contribution >= 4 is 30.8 Å². The summed E-state index contributed by atoms with van der Waals surface area (Å²) < 4.78 is 29.2. The summed E-state index contributed by atoms with van der Waals surface area (Å²) in [6, 6.07) is -1.57. The van der Waals surface area contributed by atoms with Crippen molar-refractivity contribution in [3.8, 4) is 0 Å². The summed E-state index contributed by atoms with van der Waals surface area (Å²) >= 11 is 0. The first kappa shape index (κ1) is 24.4. The van der Waals surface area contributed by atoms with Gasteiger partial charge in [-0.1, -0.05) is 0 Å². The van der Waals surface area contributed by atoms with Crippen molar-refractivity contribution in [2.75, 3.05) is 12.3 Å². The molecule has 16 heteroatoms. The van der Waals surface area contributed by atoms with Gasteiger partial charge in [-0.25, -0.2) is 19.5 Å². The summed E-state index contributed by atoms with van der Waals surface area (Å²) in [5.41, 5.74) is 8.31. The molecule has 0 bridgehead atoms. The summed E-state index contributed by atoms with van der Waals surface area (Å²) in [6.45, 7) is 3.29. The standard InChI is InChI=1S/C16H25N6O9P/c1-7(8(17)14(25)26)30-32(27,28)29-4-15(2)10(23)11(24)16(3,31-15)22-6-21-9-12(18)19-5-20-13(9)22/h5-8,10-11,23-24H,4,17H2,1-3H3,(H,25,26)(H,27,28)(H2,18,19,20)/t7-,8+,10+,11-,15-,16-/m1/s1. The molecule has 1 aliphatic rings. The Hall–Kier alpha value is -2.23. The number of carboxylic acids is 1. The third kappa shape index (κ3) is 4.21. The zero-order valence-corrected chi connectivity index (χ0v) is 18.3. The fourth-order valence-electron chi connectivity index (χ4n) is 3.42. The highest BCUT2D eigenvalue weighted by Gasteiger charge is 2.60. The number of nitrogen functional groups attached to an aromatic ring is 1. The Morgan fingerprint density at radius 1 is 1.34 bits per heavy atom. The highest BCUT2D eigenvalue weighted by Crippen LogP contribution is 2.49. The van der Waals surface area contributed by atoms with E-state index in [4.69, 9.17) is 30.4 Å². The lowest BCUT2D eigenvalue weighted by Crippen LogP contribution is -2.45. The number of phosphoric acid groups is 1. The van der Waals surface area contributed by atoms with Crippen LogP contribution in [0.2, 0.25) is 0 Å². The molecule has 0 amide bonds. The van der Waals surface area contributed by atoms with Gasteiger partial charge in [0.2, 0.25) is 0 Å². The molecule has 0 aliphatic carbocycles. The number of nitrogens with two attached hydrogens (primary N) is 2. The maximum atomic E-state index is 12.3. The van der Waals surface area contributed by atoms with Crippen LogP contribution in [-0.4, -0.2) is 82.3 Å². The Labute approximate surface area is 181 Å². The summed E-state index contributed by atoms with van der Waals surface area (Å²) in [7, 11) is -4.80. The molecule has 15 nitrogen and oxygen atoms in total. The molecule has 0 saturated carbocycles. The van der Waals surface area contributed by atoms with Gasteiger partial charge in [0, 0.05) is 0 Å². The van der Waals surface area contributed by atoms with Crippen molar-refractivity contribution in [2.24, 2.45) is 5.73 Å². The number of aliphatic hydroxyl groups is 2. The zero-order valence-electron chi connectivity index (χ0n) is 17.4. The second-order valence-corrected chi connectivity index (χ2v) is 9.23. The lowest BCUT2D eigenvalue weighted by atomic mass is 9.96. The van der Waals surface area contributed by atoms with E-state index in [9.17, 15) is 24.5 Å². The van der Waals surface area contributed by atoms with Crippen LogP contribution in [0.1, 0.15) is 20.8 Å². The van der Waals surface area contributed by atoms with Gasteiger partial charge in [-0.2, -0.15) is 0 Å². The number of aliphatic carboxylic acids is 1. The molecule has 3 heterocycles. The topological polar surface area (TPSA) is 238 Å². The molecular formula is C16H25N6O9P. The lowest BCUT2D eigenvalue weighted by molar-refractivity contribution is -0.170. The third-order valence-corrected chi connectivity index (χ3v) is 6.41. The largest absolute Gasteiger partial charge is 0.480 e. The smallest absolute Gasteiger partial charge is 0.472 e.